The highest BCUT2D eigenvalue weighted by atomic mass is 32.2. The molecule has 8 heteroatoms. The second kappa shape index (κ2) is 6.15. The molecule has 0 radical (unpaired) electrons. The highest BCUT2D eigenvalue weighted by molar-refractivity contribution is 7.89. The van der Waals surface area contributed by atoms with Crippen molar-refractivity contribution in [3.63, 3.8) is 0 Å². The van der Waals surface area contributed by atoms with Gasteiger partial charge in [0.05, 0.1) is 6.33 Å². The van der Waals surface area contributed by atoms with Gasteiger partial charge in [-0.25, -0.2) is 13.4 Å². The Bertz CT molecular complexity index is 599. The highest BCUT2D eigenvalue weighted by Gasteiger charge is 2.32. The Morgan fingerprint density at radius 2 is 1.95 bits per heavy atom. The molecule has 0 aliphatic rings. The van der Waals surface area contributed by atoms with E-state index in [0.29, 0.717) is 0 Å². The molecule has 0 fully saturated rings. The number of aryl methyl sites for hydroxylation is 1. The molecular weight excluding hydrogens is 294 g/mol. The Hall–Kier alpha value is -1.41. The van der Waals surface area contributed by atoms with Crippen LogP contribution >= 0.6 is 0 Å². The summed E-state index contributed by atoms with van der Waals surface area (Å²) in [6, 6.07) is -0.962. The Morgan fingerprint density at radius 3 is 2.33 bits per heavy atom. The van der Waals surface area contributed by atoms with E-state index >= 15 is 0 Å². The van der Waals surface area contributed by atoms with Crippen LogP contribution in [0.4, 0.5) is 0 Å². The number of imidazole rings is 1. The van der Waals surface area contributed by atoms with Gasteiger partial charge >= 0.3 is 5.97 Å². The van der Waals surface area contributed by atoms with Crippen LogP contribution in [0.5, 0.6) is 0 Å². The van der Waals surface area contributed by atoms with Crippen molar-refractivity contribution in [2.75, 3.05) is 0 Å². The molecular formula is C13H23N3O4S. The summed E-state index contributed by atoms with van der Waals surface area (Å²) in [5, 5.41) is -0.126. The summed E-state index contributed by atoms with van der Waals surface area (Å²) in [6.45, 7) is 8.69. The smallest absolute Gasteiger partial charge is 0.324 e. The van der Waals surface area contributed by atoms with Gasteiger partial charge in [-0.1, -0.05) is 13.8 Å². The number of nitrogens with zero attached hydrogens (tertiary/aromatic N) is 2. The fourth-order valence-corrected chi connectivity index (χ4v) is 2.89. The molecule has 0 saturated heterocycles. The van der Waals surface area contributed by atoms with Crippen LogP contribution in [0.1, 0.15) is 34.6 Å². The zero-order valence-electron chi connectivity index (χ0n) is 13.2. The molecule has 0 bridgehead atoms. The molecule has 0 amide bonds. The van der Waals surface area contributed by atoms with Gasteiger partial charge in [0.2, 0.25) is 0 Å². The van der Waals surface area contributed by atoms with Crippen LogP contribution in [0.3, 0.4) is 0 Å². The molecule has 21 heavy (non-hydrogen) atoms. The maximum absolute atomic E-state index is 12.2. The minimum absolute atomic E-state index is 0.126. The zero-order chi connectivity index (χ0) is 16.4. The summed E-state index contributed by atoms with van der Waals surface area (Å²) in [5.74, 6) is -0.852. The third kappa shape index (κ3) is 5.13. The molecule has 0 saturated carbocycles. The molecule has 120 valence electrons. The van der Waals surface area contributed by atoms with E-state index in [9.17, 15) is 13.2 Å². The topological polar surface area (TPSA) is 90.3 Å². The zero-order valence-corrected chi connectivity index (χ0v) is 14.1. The minimum atomic E-state index is -3.87. The number of aromatic nitrogens is 2. The largest absolute Gasteiger partial charge is 0.459 e. The highest BCUT2D eigenvalue weighted by Crippen LogP contribution is 2.15. The Kier molecular flexibility index (Phi) is 5.16. The Labute approximate surface area is 125 Å². The van der Waals surface area contributed by atoms with Crippen molar-refractivity contribution in [1.82, 2.24) is 14.3 Å². The lowest BCUT2D eigenvalue weighted by Gasteiger charge is -2.26. The van der Waals surface area contributed by atoms with Crippen molar-refractivity contribution >= 4 is 16.0 Å². The summed E-state index contributed by atoms with van der Waals surface area (Å²) in [7, 11) is -2.20. The van der Waals surface area contributed by atoms with E-state index in [1.54, 1.807) is 41.7 Å². The van der Waals surface area contributed by atoms with E-state index in [1.807, 2.05) is 0 Å². The first-order valence-electron chi connectivity index (χ1n) is 6.65. The molecule has 0 unspecified atom stereocenters. The molecule has 1 aromatic heterocycles. The monoisotopic (exact) mass is 317 g/mol. The molecule has 7 nitrogen and oxygen atoms in total. The van der Waals surface area contributed by atoms with Crippen LogP contribution in [-0.2, 0) is 26.6 Å². The number of carbonyl (C=O) groups excluding carboxylic acids is 1. The molecule has 1 N–H and O–H groups in total. The van der Waals surface area contributed by atoms with Crippen LogP contribution in [-0.4, -0.2) is 35.6 Å². The Balaban J connectivity index is 2.96. The lowest BCUT2D eigenvalue weighted by Crippen LogP contribution is -2.47. The maximum atomic E-state index is 12.2. The molecule has 0 aliphatic carbocycles. The standard InChI is InChI=1S/C13H23N3O4S/c1-9(2)11(12(17)20-13(3,4)5)15-21(18,19)10-7-16(6)8-14-10/h7-9,11,15H,1-6H3/t11-/m0/s1. The molecule has 1 heterocycles. The summed E-state index contributed by atoms with van der Waals surface area (Å²) < 4.78 is 33.6. The fourth-order valence-electron chi connectivity index (χ4n) is 1.58. The number of esters is 1. The van der Waals surface area contributed by atoms with Crippen molar-refractivity contribution in [1.29, 1.82) is 0 Å². The van der Waals surface area contributed by atoms with E-state index in [-0.39, 0.29) is 10.9 Å². The van der Waals surface area contributed by atoms with Gasteiger partial charge in [-0.15, -0.1) is 0 Å². The number of rotatable bonds is 5. The average molecular weight is 317 g/mol. The average Bonchev–Trinajstić information content (AvgIpc) is 2.70. The quantitative estimate of drug-likeness (QED) is 0.820. The first kappa shape index (κ1) is 17.6. The van der Waals surface area contributed by atoms with E-state index < -0.39 is 27.6 Å². The van der Waals surface area contributed by atoms with Gasteiger partial charge in [0.15, 0.2) is 5.03 Å². The summed E-state index contributed by atoms with van der Waals surface area (Å²) in [6.07, 6.45) is 2.75. The number of hydrogen-bond acceptors (Lipinski definition) is 5. The van der Waals surface area contributed by atoms with E-state index in [2.05, 4.69) is 9.71 Å². The van der Waals surface area contributed by atoms with E-state index in [0.717, 1.165) is 0 Å². The van der Waals surface area contributed by atoms with E-state index in [1.165, 1.54) is 17.1 Å². The van der Waals surface area contributed by atoms with Crippen molar-refractivity contribution in [3.8, 4) is 0 Å². The first-order chi connectivity index (χ1) is 9.42. The lowest BCUT2D eigenvalue weighted by molar-refractivity contribution is -0.158. The second-order valence-electron chi connectivity index (χ2n) is 6.25. The lowest BCUT2D eigenvalue weighted by atomic mass is 10.1. The van der Waals surface area contributed by atoms with Crippen molar-refractivity contribution in [2.45, 2.75) is 51.3 Å². The predicted octanol–water partition coefficient (Wildman–Crippen LogP) is 1.06. The van der Waals surface area contributed by atoms with Gasteiger partial charge in [-0.2, -0.15) is 4.72 Å². The van der Waals surface area contributed by atoms with Crippen LogP contribution in [0.15, 0.2) is 17.6 Å². The molecule has 1 atom stereocenters. The van der Waals surface area contributed by atoms with Gasteiger partial charge in [-0.05, 0) is 26.7 Å². The number of nitrogens with one attached hydrogen (secondary N) is 1. The van der Waals surface area contributed by atoms with Crippen molar-refractivity contribution in [2.24, 2.45) is 13.0 Å². The third-order valence-electron chi connectivity index (χ3n) is 2.57. The summed E-state index contributed by atoms with van der Waals surface area (Å²) in [4.78, 5) is 15.9. The van der Waals surface area contributed by atoms with Crippen LogP contribution in [0, 0.1) is 5.92 Å². The number of sulfonamides is 1. The first-order valence-corrected chi connectivity index (χ1v) is 8.14. The van der Waals surface area contributed by atoms with Gasteiger partial charge in [0, 0.05) is 13.2 Å². The molecule has 0 aromatic carbocycles. The summed E-state index contributed by atoms with van der Waals surface area (Å²) >= 11 is 0. The number of ether oxygens (including phenoxy) is 1. The number of carbonyl (C=O) groups is 1. The second-order valence-corrected chi connectivity index (χ2v) is 7.91. The van der Waals surface area contributed by atoms with Crippen molar-refractivity contribution in [3.05, 3.63) is 12.5 Å². The molecule has 0 spiro atoms. The van der Waals surface area contributed by atoms with Crippen LogP contribution in [0.2, 0.25) is 0 Å². The molecule has 1 aromatic rings. The van der Waals surface area contributed by atoms with Gasteiger partial charge in [-0.3, -0.25) is 4.79 Å². The molecule has 0 aliphatic heterocycles. The minimum Gasteiger partial charge on any atom is -0.459 e. The maximum Gasteiger partial charge on any atom is 0.324 e. The normalized spacial score (nSPS) is 14.2. The van der Waals surface area contributed by atoms with Crippen LogP contribution in [0.25, 0.3) is 0 Å². The van der Waals surface area contributed by atoms with Crippen LogP contribution < -0.4 is 4.72 Å². The SMILES string of the molecule is CC(C)[C@H](NS(=O)(=O)c1cn(C)cn1)C(=O)OC(C)(C)C. The predicted molar refractivity (Wildman–Crippen MR) is 78.0 cm³/mol. The van der Waals surface area contributed by atoms with Gasteiger partial charge in [0.25, 0.3) is 10.0 Å². The molecule has 1 rings (SSSR count). The van der Waals surface area contributed by atoms with Crippen molar-refractivity contribution < 1.29 is 17.9 Å². The summed E-state index contributed by atoms with van der Waals surface area (Å²) in [5.41, 5.74) is -0.680. The third-order valence-corrected chi connectivity index (χ3v) is 3.89. The number of hydrogen-bond donors (Lipinski definition) is 1. The van der Waals surface area contributed by atoms with Gasteiger partial charge < -0.3 is 9.30 Å². The van der Waals surface area contributed by atoms with E-state index in [4.69, 9.17) is 4.74 Å². The fraction of sp³-hybridized carbons (Fsp3) is 0.692. The van der Waals surface area contributed by atoms with Gasteiger partial charge in [0.1, 0.15) is 11.6 Å². The Morgan fingerprint density at radius 1 is 1.38 bits per heavy atom.